The molecule has 0 aromatic carbocycles. The summed E-state index contributed by atoms with van der Waals surface area (Å²) in [5.41, 5.74) is 0. The van der Waals surface area contributed by atoms with Gasteiger partial charge in [-0.25, -0.2) is 0 Å². The average Bonchev–Trinajstić information content (AvgIpc) is 3.20. The Morgan fingerprint density at radius 1 is 1.44 bits per heavy atom. The number of nitrogens with zero attached hydrogens (tertiary/aromatic N) is 1. The van der Waals surface area contributed by atoms with Gasteiger partial charge in [0.1, 0.15) is 0 Å². The monoisotopic (exact) mass is 255 g/mol. The fraction of sp³-hybridized carbons (Fsp3) is 1.00. The van der Waals surface area contributed by atoms with Crippen LogP contribution in [0.5, 0.6) is 0 Å². The highest BCUT2D eigenvalue weighted by Gasteiger charge is 2.27. The highest BCUT2D eigenvalue weighted by atomic mass is 16.5. The molecule has 0 amide bonds. The van der Waals surface area contributed by atoms with Gasteiger partial charge in [0.05, 0.1) is 13.2 Å². The van der Waals surface area contributed by atoms with Crippen molar-refractivity contribution in [3.63, 3.8) is 0 Å². The Bertz CT molecular complexity index is 227. The lowest BCUT2D eigenvalue weighted by Crippen LogP contribution is -2.46. The molecule has 4 heteroatoms. The molecular formula is C14H29N3O. The van der Waals surface area contributed by atoms with Crippen LogP contribution in [0.4, 0.5) is 0 Å². The third-order valence-corrected chi connectivity index (χ3v) is 4.00. The van der Waals surface area contributed by atoms with Crippen molar-refractivity contribution in [2.24, 2.45) is 0 Å². The maximum absolute atomic E-state index is 5.48. The molecule has 2 aliphatic rings. The maximum atomic E-state index is 5.48. The van der Waals surface area contributed by atoms with Crippen LogP contribution in [-0.4, -0.2) is 62.4 Å². The highest BCUT2D eigenvalue weighted by Crippen LogP contribution is 2.25. The molecule has 0 spiro atoms. The SMILES string of the molecule is CCN(CCNC(C)CC1COCCN1)C1CC1. The average molecular weight is 255 g/mol. The van der Waals surface area contributed by atoms with E-state index in [2.05, 4.69) is 29.4 Å². The molecule has 1 aliphatic carbocycles. The van der Waals surface area contributed by atoms with Gasteiger partial charge in [-0.05, 0) is 32.7 Å². The minimum Gasteiger partial charge on any atom is -0.379 e. The van der Waals surface area contributed by atoms with Gasteiger partial charge < -0.3 is 15.4 Å². The van der Waals surface area contributed by atoms with Crippen LogP contribution < -0.4 is 10.6 Å². The van der Waals surface area contributed by atoms with E-state index in [1.54, 1.807) is 0 Å². The fourth-order valence-electron chi connectivity index (χ4n) is 2.77. The van der Waals surface area contributed by atoms with E-state index in [0.29, 0.717) is 12.1 Å². The Balaban J connectivity index is 1.54. The molecule has 1 saturated carbocycles. The number of likely N-dealkylation sites (N-methyl/N-ethyl adjacent to an activating group) is 1. The molecule has 2 atom stereocenters. The van der Waals surface area contributed by atoms with E-state index >= 15 is 0 Å². The molecule has 0 aromatic rings. The number of ether oxygens (including phenoxy) is 1. The quantitative estimate of drug-likeness (QED) is 0.673. The van der Waals surface area contributed by atoms with E-state index in [0.717, 1.165) is 38.8 Å². The zero-order valence-corrected chi connectivity index (χ0v) is 12.0. The van der Waals surface area contributed by atoms with Crippen LogP contribution in [0.2, 0.25) is 0 Å². The first-order chi connectivity index (χ1) is 8.79. The Morgan fingerprint density at radius 2 is 2.28 bits per heavy atom. The Kier molecular flexibility index (Phi) is 5.89. The molecule has 2 N–H and O–H groups in total. The van der Waals surface area contributed by atoms with Crippen molar-refractivity contribution < 1.29 is 4.74 Å². The molecule has 2 unspecified atom stereocenters. The molecular weight excluding hydrogens is 226 g/mol. The van der Waals surface area contributed by atoms with Crippen molar-refractivity contribution in [1.82, 2.24) is 15.5 Å². The van der Waals surface area contributed by atoms with Crippen molar-refractivity contribution in [3.05, 3.63) is 0 Å². The molecule has 2 fully saturated rings. The second-order valence-corrected chi connectivity index (χ2v) is 5.68. The summed E-state index contributed by atoms with van der Waals surface area (Å²) in [6.07, 6.45) is 3.98. The van der Waals surface area contributed by atoms with Gasteiger partial charge in [0.2, 0.25) is 0 Å². The second-order valence-electron chi connectivity index (χ2n) is 5.68. The Labute approximate surface area is 111 Å². The third-order valence-electron chi connectivity index (χ3n) is 4.00. The minimum atomic E-state index is 0.534. The normalized spacial score (nSPS) is 26.5. The lowest BCUT2D eigenvalue weighted by atomic mass is 10.1. The van der Waals surface area contributed by atoms with Crippen molar-refractivity contribution in [2.45, 2.75) is 51.2 Å². The summed E-state index contributed by atoms with van der Waals surface area (Å²) in [7, 11) is 0. The lowest BCUT2D eigenvalue weighted by Gasteiger charge is -2.27. The zero-order chi connectivity index (χ0) is 12.8. The highest BCUT2D eigenvalue weighted by molar-refractivity contribution is 4.84. The predicted octanol–water partition coefficient (Wildman–Crippen LogP) is 0.827. The Hall–Kier alpha value is -0.160. The van der Waals surface area contributed by atoms with Gasteiger partial charge in [0, 0.05) is 37.8 Å². The van der Waals surface area contributed by atoms with Crippen molar-refractivity contribution in [2.75, 3.05) is 39.4 Å². The van der Waals surface area contributed by atoms with Crippen LogP contribution >= 0.6 is 0 Å². The standard InChI is InChI=1S/C14H29N3O/c1-3-17(14-4-5-14)8-6-15-12(2)10-13-11-18-9-7-16-13/h12-16H,3-11H2,1-2H3. The molecule has 18 heavy (non-hydrogen) atoms. The van der Waals surface area contributed by atoms with Crippen LogP contribution in [0.3, 0.4) is 0 Å². The molecule has 1 saturated heterocycles. The summed E-state index contributed by atoms with van der Waals surface area (Å²) >= 11 is 0. The summed E-state index contributed by atoms with van der Waals surface area (Å²) in [4.78, 5) is 2.60. The van der Waals surface area contributed by atoms with Crippen LogP contribution in [0.15, 0.2) is 0 Å². The maximum Gasteiger partial charge on any atom is 0.0620 e. The first-order valence-corrected chi connectivity index (χ1v) is 7.58. The second kappa shape index (κ2) is 7.43. The van der Waals surface area contributed by atoms with Gasteiger partial charge in [-0.3, -0.25) is 4.90 Å². The van der Waals surface area contributed by atoms with Gasteiger partial charge in [0.25, 0.3) is 0 Å². The third kappa shape index (κ3) is 4.84. The summed E-state index contributed by atoms with van der Waals surface area (Å²) in [6.45, 7) is 10.8. The van der Waals surface area contributed by atoms with E-state index in [9.17, 15) is 0 Å². The van der Waals surface area contributed by atoms with Gasteiger partial charge in [-0.1, -0.05) is 6.92 Å². The zero-order valence-electron chi connectivity index (χ0n) is 12.0. The summed E-state index contributed by atoms with van der Waals surface area (Å²) in [6, 6.07) is 1.99. The smallest absolute Gasteiger partial charge is 0.0620 e. The van der Waals surface area contributed by atoms with Gasteiger partial charge in [0.15, 0.2) is 0 Å². The van der Waals surface area contributed by atoms with Crippen molar-refractivity contribution in [1.29, 1.82) is 0 Å². The van der Waals surface area contributed by atoms with Gasteiger partial charge in [-0.2, -0.15) is 0 Å². The van der Waals surface area contributed by atoms with Crippen molar-refractivity contribution >= 4 is 0 Å². The molecule has 0 aromatic heterocycles. The Morgan fingerprint density at radius 3 is 2.89 bits per heavy atom. The van der Waals surface area contributed by atoms with Gasteiger partial charge in [-0.15, -0.1) is 0 Å². The van der Waals surface area contributed by atoms with E-state index in [4.69, 9.17) is 4.74 Å². The first-order valence-electron chi connectivity index (χ1n) is 7.58. The molecule has 1 heterocycles. The largest absolute Gasteiger partial charge is 0.379 e. The predicted molar refractivity (Wildman–Crippen MR) is 75.0 cm³/mol. The summed E-state index contributed by atoms with van der Waals surface area (Å²) in [5.74, 6) is 0. The molecule has 1 aliphatic heterocycles. The van der Waals surface area contributed by atoms with E-state index in [-0.39, 0.29) is 0 Å². The van der Waals surface area contributed by atoms with Crippen molar-refractivity contribution in [3.8, 4) is 0 Å². The molecule has 0 bridgehead atoms. The summed E-state index contributed by atoms with van der Waals surface area (Å²) < 4.78 is 5.48. The topological polar surface area (TPSA) is 36.5 Å². The fourth-order valence-corrected chi connectivity index (χ4v) is 2.77. The first kappa shape index (κ1) is 14.3. The van der Waals surface area contributed by atoms with Crippen LogP contribution in [-0.2, 0) is 4.74 Å². The number of hydrogen-bond acceptors (Lipinski definition) is 4. The van der Waals surface area contributed by atoms with Gasteiger partial charge >= 0.3 is 0 Å². The lowest BCUT2D eigenvalue weighted by molar-refractivity contribution is 0.0711. The molecule has 4 nitrogen and oxygen atoms in total. The van der Waals surface area contributed by atoms with E-state index in [1.807, 2.05) is 0 Å². The molecule has 2 rings (SSSR count). The number of nitrogens with one attached hydrogen (secondary N) is 2. The van der Waals surface area contributed by atoms with Crippen LogP contribution in [0.25, 0.3) is 0 Å². The minimum absolute atomic E-state index is 0.534. The van der Waals surface area contributed by atoms with E-state index in [1.165, 1.54) is 25.9 Å². The number of morpholine rings is 1. The molecule has 0 radical (unpaired) electrons. The van der Waals surface area contributed by atoms with E-state index < -0.39 is 0 Å². The van der Waals surface area contributed by atoms with Crippen LogP contribution in [0, 0.1) is 0 Å². The van der Waals surface area contributed by atoms with Crippen LogP contribution in [0.1, 0.15) is 33.1 Å². The summed E-state index contributed by atoms with van der Waals surface area (Å²) in [5, 5.41) is 7.15. The molecule has 106 valence electrons. The number of hydrogen-bond donors (Lipinski definition) is 2. The number of rotatable bonds is 8.